The van der Waals surface area contributed by atoms with Gasteiger partial charge in [0.15, 0.2) is 5.78 Å². The number of benzene rings is 1. The summed E-state index contributed by atoms with van der Waals surface area (Å²) in [5.74, 6) is 0.865. The highest BCUT2D eigenvalue weighted by Gasteiger charge is 2.14. The zero-order valence-electron chi connectivity index (χ0n) is 9.57. The molecule has 17 heavy (non-hydrogen) atoms. The number of aryl methyl sites for hydroxylation is 1. The summed E-state index contributed by atoms with van der Waals surface area (Å²) in [5, 5.41) is 0. The highest BCUT2D eigenvalue weighted by molar-refractivity contribution is 9.10. The van der Waals surface area contributed by atoms with Gasteiger partial charge < -0.3 is 4.42 Å². The molecule has 0 spiro atoms. The topological polar surface area (TPSA) is 30.2 Å². The summed E-state index contributed by atoms with van der Waals surface area (Å²) >= 11 is 3.45. The molecule has 2 rings (SSSR count). The molecule has 0 fully saturated rings. The first-order valence-electron chi connectivity index (χ1n) is 5.55. The van der Waals surface area contributed by atoms with Crippen molar-refractivity contribution < 1.29 is 9.21 Å². The van der Waals surface area contributed by atoms with Gasteiger partial charge in [-0.15, -0.1) is 0 Å². The number of hydrogen-bond acceptors (Lipinski definition) is 2. The van der Waals surface area contributed by atoms with Gasteiger partial charge in [-0.1, -0.05) is 41.1 Å². The zero-order chi connectivity index (χ0) is 12.3. The number of Topliss-reactive ketones (excluding diaryl/α,β-unsaturated/α-hetero) is 1. The van der Waals surface area contributed by atoms with E-state index in [1.165, 1.54) is 0 Å². The highest BCUT2D eigenvalue weighted by atomic mass is 79.9. The molecule has 1 aromatic carbocycles. The van der Waals surface area contributed by atoms with Crippen molar-refractivity contribution in [2.45, 2.75) is 19.8 Å². The average molecular weight is 293 g/mol. The van der Waals surface area contributed by atoms with Gasteiger partial charge in [0.25, 0.3) is 0 Å². The predicted octanol–water partition coefficient (Wildman–Crippen LogP) is 4.03. The summed E-state index contributed by atoms with van der Waals surface area (Å²) in [7, 11) is 0. The van der Waals surface area contributed by atoms with E-state index in [1.807, 2.05) is 31.2 Å². The van der Waals surface area contributed by atoms with E-state index in [1.54, 1.807) is 12.3 Å². The lowest BCUT2D eigenvalue weighted by molar-refractivity contribution is 0.0991. The van der Waals surface area contributed by atoms with Crippen LogP contribution < -0.4 is 0 Å². The average Bonchev–Trinajstić information content (AvgIpc) is 2.80. The lowest BCUT2D eigenvalue weighted by atomic mass is 10.0. The van der Waals surface area contributed by atoms with E-state index in [4.69, 9.17) is 4.42 Å². The molecular weight excluding hydrogens is 280 g/mol. The summed E-state index contributed by atoms with van der Waals surface area (Å²) < 4.78 is 6.24. The van der Waals surface area contributed by atoms with Crippen molar-refractivity contribution >= 4 is 21.7 Å². The van der Waals surface area contributed by atoms with Crippen LogP contribution in [0.4, 0.5) is 0 Å². The Morgan fingerprint density at radius 2 is 2.06 bits per heavy atom. The van der Waals surface area contributed by atoms with Crippen molar-refractivity contribution in [2.75, 3.05) is 0 Å². The zero-order valence-corrected chi connectivity index (χ0v) is 11.2. The van der Waals surface area contributed by atoms with Crippen LogP contribution in [0.5, 0.6) is 0 Å². The first-order chi connectivity index (χ1) is 8.22. The number of hydrogen-bond donors (Lipinski definition) is 0. The van der Waals surface area contributed by atoms with Crippen molar-refractivity contribution in [3.8, 4) is 0 Å². The van der Waals surface area contributed by atoms with Crippen molar-refractivity contribution in [1.82, 2.24) is 0 Å². The molecule has 3 heteroatoms. The number of rotatable bonds is 4. The Morgan fingerprint density at radius 1 is 1.29 bits per heavy atom. The largest absolute Gasteiger partial charge is 0.469 e. The molecule has 0 saturated carbocycles. The molecule has 1 aromatic heterocycles. The second kappa shape index (κ2) is 5.32. The summed E-state index contributed by atoms with van der Waals surface area (Å²) in [6.07, 6.45) is 2.71. The Balaban J connectivity index is 2.20. The summed E-state index contributed by atoms with van der Waals surface area (Å²) in [4.78, 5) is 12.1. The van der Waals surface area contributed by atoms with Gasteiger partial charge in [0.2, 0.25) is 0 Å². The molecule has 0 bridgehead atoms. The minimum atomic E-state index is 0.0995. The van der Waals surface area contributed by atoms with E-state index < -0.39 is 0 Å². The van der Waals surface area contributed by atoms with Gasteiger partial charge in [0, 0.05) is 17.3 Å². The van der Waals surface area contributed by atoms with Crippen molar-refractivity contribution in [1.29, 1.82) is 0 Å². The molecule has 0 amide bonds. The van der Waals surface area contributed by atoms with Gasteiger partial charge in [0.1, 0.15) is 5.76 Å². The first-order valence-corrected chi connectivity index (χ1v) is 6.34. The lowest BCUT2D eigenvalue weighted by Gasteiger charge is -2.03. The Labute approximate surface area is 109 Å². The third-order valence-corrected chi connectivity index (χ3v) is 3.45. The molecule has 0 N–H and O–H groups in total. The molecule has 88 valence electrons. The second-order valence-electron chi connectivity index (χ2n) is 3.80. The third-order valence-electron chi connectivity index (χ3n) is 2.68. The Kier molecular flexibility index (Phi) is 3.79. The standard InChI is InChI=1S/C14H13BrO2/c1-2-14-11(7-8-17-14)13(16)9-10-5-3-4-6-12(10)15/h3-8H,2,9H2,1H3. The Hall–Kier alpha value is -1.35. The van der Waals surface area contributed by atoms with Gasteiger partial charge in [-0.3, -0.25) is 4.79 Å². The van der Waals surface area contributed by atoms with Gasteiger partial charge in [-0.05, 0) is 17.7 Å². The summed E-state index contributed by atoms with van der Waals surface area (Å²) in [5.41, 5.74) is 1.70. The van der Waals surface area contributed by atoms with Crippen LogP contribution in [0.3, 0.4) is 0 Å². The highest BCUT2D eigenvalue weighted by Crippen LogP contribution is 2.20. The minimum absolute atomic E-state index is 0.0995. The minimum Gasteiger partial charge on any atom is -0.469 e. The molecule has 0 unspecified atom stereocenters. The quantitative estimate of drug-likeness (QED) is 0.797. The number of carbonyl (C=O) groups excluding carboxylic acids is 1. The number of halogens is 1. The monoisotopic (exact) mass is 292 g/mol. The number of carbonyl (C=O) groups is 1. The van der Waals surface area contributed by atoms with Crippen LogP contribution in [0.25, 0.3) is 0 Å². The molecule has 2 nitrogen and oxygen atoms in total. The van der Waals surface area contributed by atoms with Crippen LogP contribution in [-0.2, 0) is 12.8 Å². The van der Waals surface area contributed by atoms with Crippen LogP contribution in [0.2, 0.25) is 0 Å². The van der Waals surface area contributed by atoms with E-state index in [0.29, 0.717) is 12.0 Å². The van der Waals surface area contributed by atoms with Gasteiger partial charge in [0.05, 0.1) is 11.8 Å². The third kappa shape index (κ3) is 2.67. The van der Waals surface area contributed by atoms with Crippen LogP contribution in [0, 0.1) is 0 Å². The molecule has 1 heterocycles. The molecule has 0 radical (unpaired) electrons. The summed E-state index contributed by atoms with van der Waals surface area (Å²) in [6, 6.07) is 9.52. The molecular formula is C14H13BrO2. The fraction of sp³-hybridized carbons (Fsp3) is 0.214. The van der Waals surface area contributed by atoms with Gasteiger partial charge >= 0.3 is 0 Å². The van der Waals surface area contributed by atoms with E-state index >= 15 is 0 Å². The molecule has 0 aliphatic carbocycles. The van der Waals surface area contributed by atoms with E-state index in [0.717, 1.165) is 22.2 Å². The molecule has 0 saturated heterocycles. The molecule has 2 aromatic rings. The van der Waals surface area contributed by atoms with Crippen LogP contribution in [-0.4, -0.2) is 5.78 Å². The Bertz CT molecular complexity index is 529. The maximum absolute atomic E-state index is 12.1. The first kappa shape index (κ1) is 12.1. The van der Waals surface area contributed by atoms with Gasteiger partial charge in [-0.2, -0.15) is 0 Å². The van der Waals surface area contributed by atoms with Crippen LogP contribution in [0.15, 0.2) is 45.5 Å². The van der Waals surface area contributed by atoms with Crippen molar-refractivity contribution in [3.63, 3.8) is 0 Å². The Morgan fingerprint density at radius 3 is 2.76 bits per heavy atom. The fourth-order valence-electron chi connectivity index (χ4n) is 1.77. The molecule has 0 aliphatic rings. The SMILES string of the molecule is CCc1occc1C(=O)Cc1ccccc1Br. The summed E-state index contributed by atoms with van der Waals surface area (Å²) in [6.45, 7) is 1.98. The smallest absolute Gasteiger partial charge is 0.170 e. The maximum Gasteiger partial charge on any atom is 0.170 e. The van der Waals surface area contributed by atoms with E-state index in [9.17, 15) is 4.79 Å². The van der Waals surface area contributed by atoms with Crippen LogP contribution in [0.1, 0.15) is 28.6 Å². The van der Waals surface area contributed by atoms with E-state index in [-0.39, 0.29) is 5.78 Å². The fourth-order valence-corrected chi connectivity index (χ4v) is 2.20. The maximum atomic E-state index is 12.1. The van der Waals surface area contributed by atoms with E-state index in [2.05, 4.69) is 15.9 Å². The number of ketones is 1. The van der Waals surface area contributed by atoms with Crippen molar-refractivity contribution in [2.24, 2.45) is 0 Å². The number of furan rings is 1. The van der Waals surface area contributed by atoms with Gasteiger partial charge in [-0.25, -0.2) is 0 Å². The van der Waals surface area contributed by atoms with Crippen molar-refractivity contribution in [3.05, 3.63) is 58.0 Å². The molecule has 0 aliphatic heterocycles. The predicted molar refractivity (Wildman–Crippen MR) is 70.3 cm³/mol. The lowest BCUT2D eigenvalue weighted by Crippen LogP contribution is -2.05. The normalized spacial score (nSPS) is 10.5. The second-order valence-corrected chi connectivity index (χ2v) is 4.66. The molecule has 0 atom stereocenters. The van der Waals surface area contributed by atoms with Crippen LogP contribution >= 0.6 is 15.9 Å².